The fourth-order valence-corrected chi connectivity index (χ4v) is 4.06. The molecule has 0 amide bonds. The van der Waals surface area contributed by atoms with Gasteiger partial charge >= 0.3 is 5.63 Å². The molecule has 0 radical (unpaired) electrons. The van der Waals surface area contributed by atoms with Crippen molar-refractivity contribution in [3.05, 3.63) is 104 Å². The Morgan fingerprint density at radius 1 is 1.03 bits per heavy atom. The molecule has 0 saturated carbocycles. The summed E-state index contributed by atoms with van der Waals surface area (Å²) >= 11 is 0. The molecule has 31 heavy (non-hydrogen) atoms. The minimum atomic E-state index is -1.09. The number of nitrogens with zero attached hydrogens (tertiary/aromatic N) is 2. The highest BCUT2D eigenvalue weighted by molar-refractivity contribution is 6.06. The van der Waals surface area contributed by atoms with Crippen molar-refractivity contribution >= 4 is 27.4 Å². The Kier molecular flexibility index (Phi) is 3.98. The molecule has 8 heteroatoms. The molecule has 3 aromatic carbocycles. The van der Waals surface area contributed by atoms with Gasteiger partial charge in [-0.15, -0.1) is 0 Å². The topological polar surface area (TPSA) is 132 Å². The number of ether oxygens (including phenoxy) is 1. The van der Waals surface area contributed by atoms with Gasteiger partial charge in [-0.2, -0.15) is 5.26 Å². The first-order chi connectivity index (χ1) is 15.0. The third-order valence-electron chi connectivity index (χ3n) is 5.40. The standard InChI is InChI=1S/C23H13N3O5/c24-11-16-18(14-7-3-4-8-17(14)26(28)29)19-21(30-22(16)25)15-10-9-12-5-1-2-6-13(12)20(15)31-23(19)27/h1-10,18H,25H2. The molecule has 1 aliphatic rings. The summed E-state index contributed by atoms with van der Waals surface area (Å²) in [6.45, 7) is 0. The summed E-state index contributed by atoms with van der Waals surface area (Å²) in [5.74, 6) is -1.17. The van der Waals surface area contributed by atoms with E-state index < -0.39 is 16.5 Å². The number of hydrogen-bond acceptors (Lipinski definition) is 7. The zero-order chi connectivity index (χ0) is 21.7. The number of fused-ring (bicyclic) bond motifs is 5. The molecule has 0 aliphatic carbocycles. The Morgan fingerprint density at radius 2 is 1.77 bits per heavy atom. The highest BCUT2D eigenvalue weighted by Gasteiger charge is 2.38. The van der Waals surface area contributed by atoms with Gasteiger partial charge in [0, 0.05) is 17.0 Å². The average molecular weight is 411 g/mol. The van der Waals surface area contributed by atoms with E-state index >= 15 is 0 Å². The molecule has 0 spiro atoms. The first-order valence-electron chi connectivity index (χ1n) is 9.30. The molecule has 2 N–H and O–H groups in total. The molecule has 2 heterocycles. The lowest BCUT2D eigenvalue weighted by molar-refractivity contribution is -0.385. The van der Waals surface area contributed by atoms with Crippen molar-refractivity contribution in [2.24, 2.45) is 5.73 Å². The Labute approximate surface area is 174 Å². The van der Waals surface area contributed by atoms with Gasteiger partial charge in [-0.25, -0.2) is 4.79 Å². The maximum atomic E-state index is 13.2. The summed E-state index contributed by atoms with van der Waals surface area (Å²) in [4.78, 5) is 24.2. The molecule has 4 aromatic rings. The Bertz CT molecular complexity index is 1540. The molecule has 0 saturated heterocycles. The van der Waals surface area contributed by atoms with E-state index in [9.17, 15) is 20.2 Å². The molecule has 1 aromatic heterocycles. The lowest BCUT2D eigenvalue weighted by Gasteiger charge is -2.25. The second-order valence-corrected chi connectivity index (χ2v) is 7.04. The first kappa shape index (κ1) is 18.4. The number of benzene rings is 3. The van der Waals surface area contributed by atoms with Crippen molar-refractivity contribution in [2.45, 2.75) is 5.92 Å². The summed E-state index contributed by atoms with van der Waals surface area (Å²) in [5, 5.41) is 23.4. The number of hydrogen-bond donors (Lipinski definition) is 1. The predicted octanol–water partition coefficient (Wildman–Crippen LogP) is 4.07. The highest BCUT2D eigenvalue weighted by atomic mass is 16.6. The maximum absolute atomic E-state index is 13.2. The van der Waals surface area contributed by atoms with Gasteiger partial charge in [0.05, 0.1) is 21.8 Å². The number of allylic oxidation sites excluding steroid dienone is 1. The predicted molar refractivity (Wildman–Crippen MR) is 112 cm³/mol. The molecular formula is C23H13N3O5. The monoisotopic (exact) mass is 411 g/mol. The van der Waals surface area contributed by atoms with Crippen molar-refractivity contribution in [1.29, 1.82) is 5.26 Å². The number of nitriles is 1. The first-order valence-corrected chi connectivity index (χ1v) is 9.30. The number of nitro groups is 1. The largest absolute Gasteiger partial charge is 0.439 e. The maximum Gasteiger partial charge on any atom is 0.344 e. The van der Waals surface area contributed by atoms with Crippen LogP contribution in [0.3, 0.4) is 0 Å². The Morgan fingerprint density at radius 3 is 2.55 bits per heavy atom. The van der Waals surface area contributed by atoms with E-state index in [1.807, 2.05) is 36.4 Å². The lowest BCUT2D eigenvalue weighted by atomic mass is 9.83. The fraction of sp³-hybridized carbons (Fsp3) is 0.0435. The molecule has 1 atom stereocenters. The van der Waals surface area contributed by atoms with Crippen molar-refractivity contribution in [3.63, 3.8) is 0 Å². The molecular weight excluding hydrogens is 398 g/mol. The molecule has 1 aliphatic heterocycles. The average Bonchev–Trinajstić information content (AvgIpc) is 2.78. The quantitative estimate of drug-likeness (QED) is 0.227. The second kappa shape index (κ2) is 6.71. The van der Waals surface area contributed by atoms with Crippen molar-refractivity contribution < 1.29 is 14.1 Å². The molecule has 150 valence electrons. The zero-order valence-corrected chi connectivity index (χ0v) is 15.9. The number of nitrogens with two attached hydrogens (primary N) is 1. The van der Waals surface area contributed by atoms with Crippen molar-refractivity contribution in [2.75, 3.05) is 0 Å². The van der Waals surface area contributed by atoms with E-state index in [4.69, 9.17) is 14.9 Å². The summed E-state index contributed by atoms with van der Waals surface area (Å²) < 4.78 is 11.4. The number of para-hydroxylation sites is 1. The molecule has 0 fully saturated rings. The normalized spacial score (nSPS) is 15.4. The van der Waals surface area contributed by atoms with E-state index in [0.717, 1.165) is 5.39 Å². The van der Waals surface area contributed by atoms with Gasteiger partial charge in [0.2, 0.25) is 5.88 Å². The van der Waals surface area contributed by atoms with Crippen LogP contribution in [0.25, 0.3) is 21.7 Å². The Hall–Kier alpha value is -4.64. The van der Waals surface area contributed by atoms with Crippen LogP contribution < -0.4 is 16.1 Å². The number of rotatable bonds is 2. The smallest absolute Gasteiger partial charge is 0.344 e. The SMILES string of the molecule is N#CC1=C(N)Oc2c(c(=O)oc3c2ccc2ccccc23)C1c1ccccc1[N+](=O)[O-]. The minimum Gasteiger partial charge on any atom is -0.439 e. The summed E-state index contributed by atoms with van der Waals surface area (Å²) in [7, 11) is 0. The van der Waals surface area contributed by atoms with E-state index in [0.29, 0.717) is 16.4 Å². The summed E-state index contributed by atoms with van der Waals surface area (Å²) in [6, 6.07) is 18.8. The van der Waals surface area contributed by atoms with Gasteiger partial charge in [-0.1, -0.05) is 48.5 Å². The van der Waals surface area contributed by atoms with E-state index in [1.54, 1.807) is 12.1 Å². The van der Waals surface area contributed by atoms with Crippen molar-refractivity contribution in [1.82, 2.24) is 0 Å². The van der Waals surface area contributed by atoms with Crippen LogP contribution in [0.4, 0.5) is 5.69 Å². The highest BCUT2D eigenvalue weighted by Crippen LogP contribution is 2.46. The van der Waals surface area contributed by atoms with Gasteiger partial charge < -0.3 is 14.9 Å². The van der Waals surface area contributed by atoms with Crippen LogP contribution in [-0.2, 0) is 0 Å². The van der Waals surface area contributed by atoms with Crippen LogP contribution in [0.5, 0.6) is 5.75 Å². The van der Waals surface area contributed by atoms with E-state index in [1.165, 1.54) is 18.2 Å². The van der Waals surface area contributed by atoms with Gasteiger partial charge in [-0.3, -0.25) is 10.1 Å². The van der Waals surface area contributed by atoms with Crippen LogP contribution in [0.1, 0.15) is 17.0 Å². The number of nitro benzene ring substituents is 1. The van der Waals surface area contributed by atoms with Crippen molar-refractivity contribution in [3.8, 4) is 11.8 Å². The zero-order valence-electron chi connectivity index (χ0n) is 15.9. The fourth-order valence-electron chi connectivity index (χ4n) is 4.06. The van der Waals surface area contributed by atoms with Crippen LogP contribution in [0.2, 0.25) is 0 Å². The minimum absolute atomic E-state index is 0.00262. The van der Waals surface area contributed by atoms with Crippen LogP contribution >= 0.6 is 0 Å². The third-order valence-corrected chi connectivity index (χ3v) is 5.40. The summed E-state index contributed by atoms with van der Waals surface area (Å²) in [5.41, 5.74) is 5.45. The van der Waals surface area contributed by atoms with E-state index in [2.05, 4.69) is 0 Å². The Balaban J connectivity index is 1.91. The summed E-state index contributed by atoms with van der Waals surface area (Å²) in [6.07, 6.45) is 0. The van der Waals surface area contributed by atoms with Crippen LogP contribution in [-0.4, -0.2) is 4.92 Å². The molecule has 8 nitrogen and oxygen atoms in total. The van der Waals surface area contributed by atoms with Crippen LogP contribution in [0.15, 0.2) is 81.3 Å². The molecule has 0 bridgehead atoms. The van der Waals surface area contributed by atoms with Gasteiger partial charge in [0.15, 0.2) is 5.75 Å². The van der Waals surface area contributed by atoms with Gasteiger partial charge in [-0.05, 0) is 11.5 Å². The van der Waals surface area contributed by atoms with E-state index in [-0.39, 0.29) is 34.0 Å². The van der Waals surface area contributed by atoms with Crippen LogP contribution in [0, 0.1) is 21.4 Å². The molecule has 5 rings (SSSR count). The third kappa shape index (κ3) is 2.64. The van der Waals surface area contributed by atoms with Gasteiger partial charge in [0.1, 0.15) is 17.2 Å². The lowest BCUT2D eigenvalue weighted by Crippen LogP contribution is -2.26. The molecule has 1 unspecified atom stereocenters. The van der Waals surface area contributed by atoms with Gasteiger partial charge in [0.25, 0.3) is 5.69 Å². The second-order valence-electron chi connectivity index (χ2n) is 7.04.